The summed E-state index contributed by atoms with van der Waals surface area (Å²) in [4.78, 5) is 13.1. The average Bonchev–Trinajstić information content (AvgIpc) is 3.02. The molecule has 4 heteroatoms. The van der Waals surface area contributed by atoms with Crippen LogP contribution in [0.25, 0.3) is 23.8 Å². The molecule has 0 radical (unpaired) electrons. The van der Waals surface area contributed by atoms with Crippen molar-refractivity contribution >= 4 is 29.5 Å². The van der Waals surface area contributed by atoms with Crippen molar-refractivity contribution in [2.45, 2.75) is 12.8 Å². The third-order valence-corrected chi connectivity index (χ3v) is 6.47. The topological polar surface area (TPSA) is 46.4 Å². The molecule has 1 aliphatic carbocycles. The molecule has 3 aromatic carbocycles. The number of benzene rings is 3. The molecule has 0 bridgehead atoms. The minimum Gasteiger partial charge on any atom is -0.299 e. The zero-order valence-electron chi connectivity index (χ0n) is 18.5. The lowest BCUT2D eigenvalue weighted by Gasteiger charge is -2.29. The average molecular weight is 435 g/mol. The van der Waals surface area contributed by atoms with Gasteiger partial charge in [-0.1, -0.05) is 90.5 Å². The number of nitro benzene ring substituents is 1. The molecule has 3 aromatic rings. The van der Waals surface area contributed by atoms with Crippen molar-refractivity contribution in [2.24, 2.45) is 0 Å². The molecule has 0 saturated carbocycles. The number of likely N-dealkylation sites (tertiary alicyclic amines) is 1. The number of nitrogens with zero attached hydrogens (tertiary/aromatic N) is 2. The monoisotopic (exact) mass is 434 g/mol. The van der Waals surface area contributed by atoms with Crippen molar-refractivity contribution in [3.8, 4) is 0 Å². The van der Waals surface area contributed by atoms with E-state index in [1.165, 1.54) is 39.5 Å². The number of fused-ring (bicyclic) bond motifs is 2. The summed E-state index contributed by atoms with van der Waals surface area (Å²) in [5, 5.41) is 11.0. The van der Waals surface area contributed by atoms with Crippen LogP contribution in [0.5, 0.6) is 0 Å². The molecule has 1 aliphatic heterocycles. The first kappa shape index (κ1) is 21.1. The molecule has 0 spiro atoms. The van der Waals surface area contributed by atoms with Gasteiger partial charge in [0, 0.05) is 31.8 Å². The van der Waals surface area contributed by atoms with E-state index in [1.54, 1.807) is 12.1 Å². The molecule has 1 heterocycles. The van der Waals surface area contributed by atoms with Gasteiger partial charge >= 0.3 is 0 Å². The van der Waals surface area contributed by atoms with Crippen LogP contribution >= 0.6 is 0 Å². The molecule has 2 aliphatic rings. The van der Waals surface area contributed by atoms with E-state index in [0.717, 1.165) is 38.0 Å². The number of rotatable bonds is 4. The van der Waals surface area contributed by atoms with Gasteiger partial charge < -0.3 is 0 Å². The molecule has 0 N–H and O–H groups in total. The third kappa shape index (κ3) is 4.57. The summed E-state index contributed by atoms with van der Waals surface area (Å²) in [5.41, 5.74) is 9.13. The van der Waals surface area contributed by atoms with Gasteiger partial charge in [0.05, 0.1) is 4.92 Å². The summed E-state index contributed by atoms with van der Waals surface area (Å²) >= 11 is 0. The van der Waals surface area contributed by atoms with Crippen LogP contribution in [-0.2, 0) is 0 Å². The smallest absolute Gasteiger partial charge is 0.270 e. The molecule has 1 saturated heterocycles. The maximum atomic E-state index is 11.0. The fraction of sp³-hybridized carbons (Fsp3) is 0.172. The summed E-state index contributed by atoms with van der Waals surface area (Å²) in [7, 11) is 0. The molecular formula is C29H26N2O2. The number of nitro groups is 1. The van der Waals surface area contributed by atoms with Crippen LogP contribution in [0.4, 0.5) is 5.69 Å². The SMILES string of the molecule is O=[N+]([O-])c1cccc(C=CCN2CCC(=C3c4ccccc4C=Cc4ccccc43)CC2)c1. The highest BCUT2D eigenvalue weighted by Crippen LogP contribution is 2.38. The van der Waals surface area contributed by atoms with Crippen LogP contribution in [0.3, 0.4) is 0 Å². The molecule has 0 unspecified atom stereocenters. The molecule has 4 nitrogen and oxygen atoms in total. The Balaban J connectivity index is 1.34. The normalized spacial score (nSPS) is 15.9. The first-order valence-corrected chi connectivity index (χ1v) is 11.4. The molecule has 33 heavy (non-hydrogen) atoms. The molecular weight excluding hydrogens is 408 g/mol. The van der Waals surface area contributed by atoms with Gasteiger partial charge in [0.2, 0.25) is 0 Å². The van der Waals surface area contributed by atoms with Gasteiger partial charge in [-0.15, -0.1) is 0 Å². The Morgan fingerprint density at radius 2 is 1.48 bits per heavy atom. The van der Waals surface area contributed by atoms with E-state index >= 15 is 0 Å². The summed E-state index contributed by atoms with van der Waals surface area (Å²) in [6.07, 6.45) is 10.6. The fourth-order valence-electron chi connectivity index (χ4n) is 4.78. The zero-order chi connectivity index (χ0) is 22.6. The Labute approximate surface area is 194 Å². The summed E-state index contributed by atoms with van der Waals surface area (Å²) in [5.74, 6) is 0. The number of piperidine rings is 1. The Hall–Kier alpha value is -3.76. The third-order valence-electron chi connectivity index (χ3n) is 6.47. The predicted octanol–water partition coefficient (Wildman–Crippen LogP) is 6.69. The summed E-state index contributed by atoms with van der Waals surface area (Å²) < 4.78 is 0. The van der Waals surface area contributed by atoms with Crippen molar-refractivity contribution in [2.75, 3.05) is 19.6 Å². The van der Waals surface area contributed by atoms with E-state index in [2.05, 4.69) is 71.7 Å². The van der Waals surface area contributed by atoms with Gasteiger partial charge in [0.15, 0.2) is 0 Å². The highest BCUT2D eigenvalue weighted by Gasteiger charge is 2.22. The largest absolute Gasteiger partial charge is 0.299 e. The summed E-state index contributed by atoms with van der Waals surface area (Å²) in [6, 6.07) is 24.2. The van der Waals surface area contributed by atoms with E-state index in [1.807, 2.05) is 12.1 Å². The minimum absolute atomic E-state index is 0.129. The zero-order valence-corrected chi connectivity index (χ0v) is 18.5. The van der Waals surface area contributed by atoms with Gasteiger partial charge in [-0.2, -0.15) is 0 Å². The van der Waals surface area contributed by atoms with Crippen molar-refractivity contribution < 1.29 is 4.92 Å². The molecule has 0 aromatic heterocycles. The predicted molar refractivity (Wildman–Crippen MR) is 136 cm³/mol. The Bertz CT molecular complexity index is 1220. The van der Waals surface area contributed by atoms with E-state index in [4.69, 9.17) is 0 Å². The van der Waals surface area contributed by atoms with Crippen molar-refractivity contribution in [3.63, 3.8) is 0 Å². The lowest BCUT2D eigenvalue weighted by atomic mass is 9.86. The highest BCUT2D eigenvalue weighted by molar-refractivity contribution is 5.94. The molecule has 0 amide bonds. The second-order valence-electron chi connectivity index (χ2n) is 8.54. The fourth-order valence-corrected chi connectivity index (χ4v) is 4.78. The van der Waals surface area contributed by atoms with Gasteiger partial charge in [0.25, 0.3) is 5.69 Å². The van der Waals surface area contributed by atoms with Crippen LogP contribution in [-0.4, -0.2) is 29.5 Å². The number of non-ortho nitro benzene ring substituents is 1. The second-order valence-corrected chi connectivity index (χ2v) is 8.54. The first-order valence-electron chi connectivity index (χ1n) is 11.4. The van der Waals surface area contributed by atoms with E-state index in [9.17, 15) is 10.1 Å². The maximum absolute atomic E-state index is 11.0. The van der Waals surface area contributed by atoms with E-state index in [0.29, 0.717) is 0 Å². The van der Waals surface area contributed by atoms with Crippen molar-refractivity contribution in [1.82, 2.24) is 4.90 Å². The van der Waals surface area contributed by atoms with Crippen LogP contribution in [0.15, 0.2) is 84.4 Å². The lowest BCUT2D eigenvalue weighted by Crippen LogP contribution is -2.31. The Kier molecular flexibility index (Phi) is 6.01. The summed E-state index contributed by atoms with van der Waals surface area (Å²) in [6.45, 7) is 2.87. The minimum atomic E-state index is -0.351. The first-order chi connectivity index (χ1) is 16.2. The van der Waals surface area contributed by atoms with Crippen LogP contribution in [0, 0.1) is 10.1 Å². The van der Waals surface area contributed by atoms with Crippen LogP contribution in [0.1, 0.15) is 40.7 Å². The molecule has 0 atom stereocenters. The lowest BCUT2D eigenvalue weighted by molar-refractivity contribution is -0.384. The maximum Gasteiger partial charge on any atom is 0.270 e. The highest BCUT2D eigenvalue weighted by atomic mass is 16.6. The van der Waals surface area contributed by atoms with Gasteiger partial charge in [0.1, 0.15) is 0 Å². The number of hydrogen-bond acceptors (Lipinski definition) is 3. The van der Waals surface area contributed by atoms with Gasteiger partial charge in [-0.25, -0.2) is 0 Å². The van der Waals surface area contributed by atoms with Crippen LogP contribution in [0.2, 0.25) is 0 Å². The van der Waals surface area contributed by atoms with E-state index < -0.39 is 0 Å². The quantitative estimate of drug-likeness (QED) is 0.265. The van der Waals surface area contributed by atoms with Crippen molar-refractivity contribution in [3.05, 3.63) is 122 Å². The van der Waals surface area contributed by atoms with Crippen LogP contribution < -0.4 is 0 Å². The Morgan fingerprint density at radius 3 is 2.12 bits per heavy atom. The number of hydrogen-bond donors (Lipinski definition) is 0. The standard InChI is InChI=1S/C29H26N2O2/c32-31(33)26-11-5-7-22(21-26)8-6-18-30-19-16-25(17-20-30)29-27-12-3-1-9-23(27)14-15-24-10-2-4-13-28(24)29/h1-15,21H,16-20H2. The van der Waals surface area contributed by atoms with Crippen molar-refractivity contribution in [1.29, 1.82) is 0 Å². The molecule has 5 rings (SSSR count). The second kappa shape index (κ2) is 9.39. The molecule has 1 fully saturated rings. The van der Waals surface area contributed by atoms with Gasteiger partial charge in [-0.05, 0) is 46.2 Å². The Morgan fingerprint density at radius 1 is 0.848 bits per heavy atom. The van der Waals surface area contributed by atoms with Gasteiger partial charge in [-0.3, -0.25) is 15.0 Å². The van der Waals surface area contributed by atoms with E-state index in [-0.39, 0.29) is 10.6 Å². The molecule has 164 valence electrons.